The second-order valence-corrected chi connectivity index (χ2v) is 8.84. The van der Waals surface area contributed by atoms with E-state index in [0.29, 0.717) is 16.3 Å². The van der Waals surface area contributed by atoms with E-state index in [9.17, 15) is 10.1 Å². The highest BCUT2D eigenvalue weighted by molar-refractivity contribution is 7.99. The number of amides is 1. The maximum atomic E-state index is 13.0. The quantitative estimate of drug-likeness (QED) is 0.642. The van der Waals surface area contributed by atoms with Crippen LogP contribution in [0, 0.1) is 11.3 Å². The number of benzene rings is 2. The SMILES string of the molecule is CCN1CCc2nc(NC(=O)c3ccccc3Sc3ccccc3C#N)sc2C1. The Morgan fingerprint density at radius 1 is 1.24 bits per heavy atom. The van der Waals surface area contributed by atoms with Gasteiger partial charge in [0, 0.05) is 34.2 Å². The Kier molecular flexibility index (Phi) is 5.95. The molecular weight excluding hydrogens is 400 g/mol. The third-order valence-corrected chi connectivity index (χ3v) is 6.99. The molecule has 0 atom stereocenters. The number of anilines is 1. The van der Waals surface area contributed by atoms with Crippen LogP contribution in [0.3, 0.4) is 0 Å². The van der Waals surface area contributed by atoms with Crippen molar-refractivity contribution in [3.8, 4) is 6.07 Å². The van der Waals surface area contributed by atoms with Gasteiger partial charge in [0.15, 0.2) is 5.13 Å². The van der Waals surface area contributed by atoms with Crippen LogP contribution in [-0.4, -0.2) is 28.9 Å². The monoisotopic (exact) mass is 420 g/mol. The van der Waals surface area contributed by atoms with Crippen LogP contribution in [0.5, 0.6) is 0 Å². The molecule has 0 unspecified atom stereocenters. The second-order valence-electron chi connectivity index (χ2n) is 6.67. The summed E-state index contributed by atoms with van der Waals surface area (Å²) in [5, 5.41) is 13.0. The molecule has 1 aliphatic rings. The molecule has 1 aromatic heterocycles. The molecule has 0 fully saturated rings. The van der Waals surface area contributed by atoms with Crippen molar-refractivity contribution in [1.82, 2.24) is 9.88 Å². The van der Waals surface area contributed by atoms with Gasteiger partial charge in [0.2, 0.25) is 0 Å². The Labute approximate surface area is 178 Å². The molecule has 1 N–H and O–H groups in total. The number of thiazole rings is 1. The number of carbonyl (C=O) groups is 1. The Hall–Kier alpha value is -2.66. The van der Waals surface area contributed by atoms with Gasteiger partial charge in [-0.1, -0.05) is 43.0 Å². The smallest absolute Gasteiger partial charge is 0.258 e. The van der Waals surface area contributed by atoms with E-state index in [1.807, 2.05) is 36.4 Å². The molecule has 0 saturated carbocycles. The lowest BCUT2D eigenvalue weighted by Crippen LogP contribution is -2.29. The van der Waals surface area contributed by atoms with Crippen molar-refractivity contribution < 1.29 is 4.79 Å². The highest BCUT2D eigenvalue weighted by Gasteiger charge is 2.21. The zero-order chi connectivity index (χ0) is 20.2. The van der Waals surface area contributed by atoms with Crippen LogP contribution in [0.2, 0.25) is 0 Å². The summed E-state index contributed by atoms with van der Waals surface area (Å²) in [4.78, 5) is 22.9. The van der Waals surface area contributed by atoms with Gasteiger partial charge in [-0.25, -0.2) is 4.98 Å². The average Bonchev–Trinajstić information content (AvgIpc) is 3.15. The lowest BCUT2D eigenvalue weighted by atomic mass is 10.2. The summed E-state index contributed by atoms with van der Waals surface area (Å²) in [6, 6.07) is 17.1. The molecule has 1 aliphatic heterocycles. The Balaban J connectivity index is 1.55. The van der Waals surface area contributed by atoms with E-state index in [-0.39, 0.29) is 5.91 Å². The van der Waals surface area contributed by atoms with Crippen molar-refractivity contribution in [2.45, 2.75) is 29.7 Å². The number of nitrogens with one attached hydrogen (secondary N) is 1. The van der Waals surface area contributed by atoms with E-state index >= 15 is 0 Å². The summed E-state index contributed by atoms with van der Waals surface area (Å²) in [6.07, 6.45) is 0.924. The lowest BCUT2D eigenvalue weighted by Gasteiger charge is -2.23. The lowest BCUT2D eigenvalue weighted by molar-refractivity contribution is 0.102. The van der Waals surface area contributed by atoms with E-state index in [4.69, 9.17) is 0 Å². The van der Waals surface area contributed by atoms with E-state index in [0.717, 1.165) is 41.5 Å². The highest BCUT2D eigenvalue weighted by Crippen LogP contribution is 2.34. The molecule has 2 heterocycles. The maximum Gasteiger partial charge on any atom is 0.258 e. The Morgan fingerprint density at radius 3 is 2.79 bits per heavy atom. The first-order chi connectivity index (χ1) is 14.2. The minimum Gasteiger partial charge on any atom is -0.298 e. The number of aromatic nitrogens is 1. The van der Waals surface area contributed by atoms with Crippen molar-refractivity contribution in [2.75, 3.05) is 18.4 Å². The third-order valence-electron chi connectivity index (χ3n) is 4.84. The molecule has 0 saturated heterocycles. The average molecular weight is 421 g/mol. The van der Waals surface area contributed by atoms with Crippen molar-refractivity contribution in [2.24, 2.45) is 0 Å². The van der Waals surface area contributed by atoms with Gasteiger partial charge >= 0.3 is 0 Å². The van der Waals surface area contributed by atoms with Crippen molar-refractivity contribution >= 4 is 34.1 Å². The predicted molar refractivity (Wildman–Crippen MR) is 116 cm³/mol. The molecule has 7 heteroatoms. The van der Waals surface area contributed by atoms with Gasteiger partial charge in [-0.15, -0.1) is 11.3 Å². The number of hydrogen-bond donors (Lipinski definition) is 1. The molecule has 0 spiro atoms. The fourth-order valence-electron chi connectivity index (χ4n) is 3.25. The van der Waals surface area contributed by atoms with Gasteiger partial charge in [-0.3, -0.25) is 15.0 Å². The molecular formula is C22H20N4OS2. The fraction of sp³-hybridized carbons (Fsp3) is 0.227. The predicted octanol–water partition coefficient (Wildman–Crippen LogP) is 4.80. The normalized spacial score (nSPS) is 13.5. The van der Waals surface area contributed by atoms with Gasteiger partial charge in [0.1, 0.15) is 6.07 Å². The van der Waals surface area contributed by atoms with Crippen LogP contribution in [0.25, 0.3) is 0 Å². The zero-order valence-electron chi connectivity index (χ0n) is 16.0. The summed E-state index contributed by atoms with van der Waals surface area (Å²) < 4.78 is 0. The largest absolute Gasteiger partial charge is 0.298 e. The van der Waals surface area contributed by atoms with Gasteiger partial charge in [0.05, 0.1) is 16.8 Å². The van der Waals surface area contributed by atoms with E-state index in [1.165, 1.54) is 16.6 Å². The van der Waals surface area contributed by atoms with Crippen LogP contribution in [0.4, 0.5) is 5.13 Å². The first kappa shape index (κ1) is 19.6. The standard InChI is InChI=1S/C22H20N4OS2/c1-2-26-12-11-17-20(14-26)29-22(24-17)25-21(27)16-8-4-6-10-19(16)28-18-9-5-3-7-15(18)13-23/h3-10H,2,11-12,14H2,1H3,(H,24,25,27). The number of rotatable bonds is 5. The molecule has 146 valence electrons. The minimum absolute atomic E-state index is 0.180. The minimum atomic E-state index is -0.180. The van der Waals surface area contributed by atoms with Crippen LogP contribution < -0.4 is 5.32 Å². The third kappa shape index (κ3) is 4.35. The van der Waals surface area contributed by atoms with Crippen LogP contribution in [-0.2, 0) is 13.0 Å². The number of hydrogen-bond acceptors (Lipinski definition) is 6. The van der Waals surface area contributed by atoms with Crippen LogP contribution in [0.1, 0.15) is 33.4 Å². The molecule has 0 radical (unpaired) electrons. The number of fused-ring (bicyclic) bond motifs is 1. The fourth-order valence-corrected chi connectivity index (χ4v) is 5.32. The first-order valence-electron chi connectivity index (χ1n) is 9.46. The molecule has 0 aliphatic carbocycles. The van der Waals surface area contributed by atoms with Gasteiger partial charge < -0.3 is 0 Å². The summed E-state index contributed by atoms with van der Waals surface area (Å²) in [7, 11) is 0. The Morgan fingerprint density at radius 2 is 2.00 bits per heavy atom. The van der Waals surface area contributed by atoms with Gasteiger partial charge in [-0.2, -0.15) is 5.26 Å². The van der Waals surface area contributed by atoms with E-state index in [2.05, 4.69) is 28.2 Å². The molecule has 2 aromatic carbocycles. The topological polar surface area (TPSA) is 69.0 Å². The molecule has 5 nitrogen and oxygen atoms in total. The molecule has 4 rings (SSSR count). The molecule has 0 bridgehead atoms. The summed E-state index contributed by atoms with van der Waals surface area (Å²) in [5.41, 5.74) is 2.27. The molecule has 1 amide bonds. The van der Waals surface area contributed by atoms with Crippen molar-refractivity contribution in [3.05, 3.63) is 70.2 Å². The van der Waals surface area contributed by atoms with Crippen molar-refractivity contribution in [3.63, 3.8) is 0 Å². The second kappa shape index (κ2) is 8.78. The van der Waals surface area contributed by atoms with Gasteiger partial charge in [0.25, 0.3) is 5.91 Å². The summed E-state index contributed by atoms with van der Waals surface area (Å²) in [6.45, 7) is 5.09. The summed E-state index contributed by atoms with van der Waals surface area (Å²) in [5.74, 6) is -0.180. The van der Waals surface area contributed by atoms with Crippen LogP contribution in [0.15, 0.2) is 58.3 Å². The van der Waals surface area contributed by atoms with E-state index < -0.39 is 0 Å². The maximum absolute atomic E-state index is 13.0. The van der Waals surface area contributed by atoms with Crippen LogP contribution >= 0.6 is 23.1 Å². The van der Waals surface area contributed by atoms with E-state index in [1.54, 1.807) is 23.5 Å². The highest BCUT2D eigenvalue weighted by atomic mass is 32.2. The first-order valence-corrected chi connectivity index (χ1v) is 11.1. The number of carbonyl (C=O) groups excluding carboxylic acids is 1. The van der Waals surface area contributed by atoms with Gasteiger partial charge in [-0.05, 0) is 30.8 Å². The Bertz CT molecular complexity index is 1090. The zero-order valence-corrected chi connectivity index (χ0v) is 17.6. The number of nitriles is 1. The number of nitrogens with zero attached hydrogens (tertiary/aromatic N) is 3. The molecule has 29 heavy (non-hydrogen) atoms. The molecule has 3 aromatic rings. The van der Waals surface area contributed by atoms with Crippen molar-refractivity contribution in [1.29, 1.82) is 5.26 Å². The summed E-state index contributed by atoms with van der Waals surface area (Å²) >= 11 is 2.99. The number of likely N-dealkylation sites (N-methyl/N-ethyl adjacent to an activating group) is 1.